The molecular weight excluding hydrogens is 374 g/mol. The summed E-state index contributed by atoms with van der Waals surface area (Å²) in [6.45, 7) is 4.54. The summed E-state index contributed by atoms with van der Waals surface area (Å²) in [7, 11) is 0. The number of hydrogen-bond acceptors (Lipinski definition) is 6. The molecule has 0 aliphatic heterocycles. The molecule has 0 bridgehead atoms. The van der Waals surface area contributed by atoms with Gasteiger partial charge in [0.2, 0.25) is 5.91 Å². The van der Waals surface area contributed by atoms with Crippen LogP contribution in [-0.4, -0.2) is 31.6 Å². The molecule has 0 aliphatic carbocycles. The molecule has 0 saturated carbocycles. The van der Waals surface area contributed by atoms with Crippen molar-refractivity contribution in [3.63, 3.8) is 0 Å². The van der Waals surface area contributed by atoms with Gasteiger partial charge in [0.25, 0.3) is 0 Å². The minimum Gasteiger partial charge on any atom is -0.360 e. The van der Waals surface area contributed by atoms with Crippen LogP contribution in [0.4, 0.5) is 5.82 Å². The number of carbonyl (C=O) groups is 1. The van der Waals surface area contributed by atoms with E-state index in [4.69, 9.17) is 16.1 Å². The highest BCUT2D eigenvalue weighted by Crippen LogP contribution is 2.25. The van der Waals surface area contributed by atoms with Crippen molar-refractivity contribution in [3.8, 4) is 11.4 Å². The molecule has 0 unspecified atom stereocenters. The summed E-state index contributed by atoms with van der Waals surface area (Å²) in [5.74, 6) is 2.33. The van der Waals surface area contributed by atoms with Crippen LogP contribution in [-0.2, 0) is 11.3 Å². The molecule has 2 aromatic heterocycles. The second-order valence-corrected chi connectivity index (χ2v) is 7.03. The van der Waals surface area contributed by atoms with Gasteiger partial charge in [-0.25, -0.2) is 0 Å². The van der Waals surface area contributed by atoms with Gasteiger partial charge in [-0.15, -0.1) is 10.2 Å². The molecule has 1 N–H and O–H groups in total. The quantitative estimate of drug-likeness (QED) is 0.612. The summed E-state index contributed by atoms with van der Waals surface area (Å²) in [4.78, 5) is 12.0. The third-order valence-corrected chi connectivity index (χ3v) is 4.81. The molecule has 3 aromatic rings. The molecule has 136 valence electrons. The Kier molecular flexibility index (Phi) is 5.95. The molecule has 9 heteroatoms. The smallest absolute Gasteiger partial charge is 0.226 e. The summed E-state index contributed by atoms with van der Waals surface area (Å²) in [5.41, 5.74) is 0.953. The van der Waals surface area contributed by atoms with Crippen LogP contribution >= 0.6 is 23.4 Å². The maximum atomic E-state index is 12.0. The molecule has 3 rings (SSSR count). The van der Waals surface area contributed by atoms with Gasteiger partial charge in [-0.1, -0.05) is 28.5 Å². The predicted octanol–water partition coefficient (Wildman–Crippen LogP) is 4.04. The molecule has 7 nitrogen and oxygen atoms in total. The number of amides is 1. The first-order valence-electron chi connectivity index (χ1n) is 8.12. The van der Waals surface area contributed by atoms with Crippen LogP contribution in [0.5, 0.6) is 0 Å². The van der Waals surface area contributed by atoms with Crippen molar-refractivity contribution in [3.05, 3.63) is 41.1 Å². The molecule has 0 atom stereocenters. The van der Waals surface area contributed by atoms with E-state index in [0.717, 1.165) is 23.1 Å². The molecular formula is C17H18ClN5O2S. The van der Waals surface area contributed by atoms with E-state index in [-0.39, 0.29) is 5.91 Å². The van der Waals surface area contributed by atoms with Crippen molar-refractivity contribution in [2.45, 2.75) is 32.0 Å². The molecule has 1 aromatic carbocycles. The maximum Gasteiger partial charge on any atom is 0.226 e. The molecule has 1 amide bonds. The average Bonchev–Trinajstić information content (AvgIpc) is 3.21. The van der Waals surface area contributed by atoms with Crippen molar-refractivity contribution < 1.29 is 9.32 Å². The molecule has 0 saturated heterocycles. The average molecular weight is 392 g/mol. The SMILES string of the molecule is CCn1c(SCCC(=O)Nc2cc(C)on2)nnc1-c1ccc(Cl)cc1. The number of aromatic nitrogens is 4. The standard InChI is InChI=1S/C17H18ClN5O2S/c1-3-23-16(12-4-6-13(18)7-5-12)20-21-17(23)26-9-8-15(24)19-14-10-11(2)25-22-14/h4-7,10H,3,8-9H2,1-2H3,(H,19,22,24). The predicted molar refractivity (Wildman–Crippen MR) is 101 cm³/mol. The number of hydrogen-bond donors (Lipinski definition) is 1. The molecule has 0 fully saturated rings. The van der Waals surface area contributed by atoms with E-state index >= 15 is 0 Å². The highest BCUT2D eigenvalue weighted by Gasteiger charge is 2.14. The Morgan fingerprint density at radius 1 is 1.31 bits per heavy atom. The fraction of sp³-hybridized carbons (Fsp3) is 0.294. The number of halogens is 1. The summed E-state index contributed by atoms with van der Waals surface area (Å²) < 4.78 is 6.94. The number of aryl methyl sites for hydroxylation is 1. The third kappa shape index (κ3) is 4.44. The monoisotopic (exact) mass is 391 g/mol. The zero-order valence-corrected chi connectivity index (χ0v) is 16.0. The second kappa shape index (κ2) is 8.37. The summed E-state index contributed by atoms with van der Waals surface area (Å²) in [6.07, 6.45) is 0.337. The van der Waals surface area contributed by atoms with E-state index in [1.165, 1.54) is 11.8 Å². The minimum atomic E-state index is -0.119. The van der Waals surface area contributed by atoms with Gasteiger partial charge in [-0.2, -0.15) is 0 Å². The van der Waals surface area contributed by atoms with Gasteiger partial charge in [0, 0.05) is 35.4 Å². The Morgan fingerprint density at radius 2 is 2.08 bits per heavy atom. The Balaban J connectivity index is 1.59. The number of rotatable bonds is 7. The zero-order chi connectivity index (χ0) is 18.5. The van der Waals surface area contributed by atoms with Crippen LogP contribution in [0.15, 0.2) is 40.0 Å². The van der Waals surface area contributed by atoms with Crippen molar-refractivity contribution in [1.82, 2.24) is 19.9 Å². The molecule has 0 spiro atoms. The highest BCUT2D eigenvalue weighted by atomic mass is 35.5. The largest absolute Gasteiger partial charge is 0.360 e. The normalized spacial score (nSPS) is 10.9. The van der Waals surface area contributed by atoms with Gasteiger partial charge in [0.1, 0.15) is 5.76 Å². The van der Waals surface area contributed by atoms with Crippen LogP contribution in [0, 0.1) is 6.92 Å². The Bertz CT molecular complexity index is 891. The van der Waals surface area contributed by atoms with Gasteiger partial charge in [-0.05, 0) is 38.1 Å². The van der Waals surface area contributed by atoms with Crippen LogP contribution < -0.4 is 5.32 Å². The lowest BCUT2D eigenvalue weighted by Gasteiger charge is -2.07. The number of carbonyl (C=O) groups excluding carboxylic acids is 1. The molecule has 0 radical (unpaired) electrons. The van der Waals surface area contributed by atoms with Gasteiger partial charge in [0.15, 0.2) is 16.8 Å². The van der Waals surface area contributed by atoms with Gasteiger partial charge in [0.05, 0.1) is 0 Å². The lowest BCUT2D eigenvalue weighted by molar-refractivity contribution is -0.115. The fourth-order valence-corrected chi connectivity index (χ4v) is 3.42. The van der Waals surface area contributed by atoms with Gasteiger partial charge in [-0.3, -0.25) is 4.79 Å². The van der Waals surface area contributed by atoms with Crippen molar-refractivity contribution in [1.29, 1.82) is 0 Å². The summed E-state index contributed by atoms with van der Waals surface area (Å²) in [5, 5.41) is 16.4. The van der Waals surface area contributed by atoms with E-state index in [1.54, 1.807) is 13.0 Å². The second-order valence-electron chi connectivity index (χ2n) is 5.53. The van der Waals surface area contributed by atoms with E-state index < -0.39 is 0 Å². The summed E-state index contributed by atoms with van der Waals surface area (Å²) >= 11 is 7.43. The van der Waals surface area contributed by atoms with Crippen LogP contribution in [0.2, 0.25) is 5.02 Å². The Hall–Kier alpha value is -2.32. The van der Waals surface area contributed by atoms with Crippen molar-refractivity contribution in [2.24, 2.45) is 0 Å². The first-order valence-corrected chi connectivity index (χ1v) is 9.48. The number of benzene rings is 1. The van der Waals surface area contributed by atoms with Crippen LogP contribution in [0.1, 0.15) is 19.1 Å². The fourth-order valence-electron chi connectivity index (χ4n) is 2.36. The molecule has 26 heavy (non-hydrogen) atoms. The van der Waals surface area contributed by atoms with Crippen LogP contribution in [0.3, 0.4) is 0 Å². The Labute approximate surface area is 160 Å². The third-order valence-electron chi connectivity index (χ3n) is 3.59. The molecule has 0 aliphatic rings. The lowest BCUT2D eigenvalue weighted by atomic mass is 10.2. The zero-order valence-electron chi connectivity index (χ0n) is 14.4. The number of thioether (sulfide) groups is 1. The van der Waals surface area contributed by atoms with E-state index in [2.05, 4.69) is 20.7 Å². The minimum absolute atomic E-state index is 0.119. The van der Waals surface area contributed by atoms with Crippen molar-refractivity contribution >= 4 is 35.1 Å². The van der Waals surface area contributed by atoms with E-state index in [9.17, 15) is 4.79 Å². The van der Waals surface area contributed by atoms with E-state index in [1.807, 2.05) is 35.8 Å². The summed E-state index contributed by atoms with van der Waals surface area (Å²) in [6, 6.07) is 9.17. The Morgan fingerprint density at radius 3 is 2.73 bits per heavy atom. The first-order chi connectivity index (χ1) is 12.6. The van der Waals surface area contributed by atoms with Gasteiger partial charge >= 0.3 is 0 Å². The molecule has 2 heterocycles. The number of nitrogens with zero attached hydrogens (tertiary/aromatic N) is 4. The van der Waals surface area contributed by atoms with Crippen molar-refractivity contribution in [2.75, 3.05) is 11.1 Å². The first kappa shape index (κ1) is 18.5. The highest BCUT2D eigenvalue weighted by molar-refractivity contribution is 7.99. The number of anilines is 1. The lowest BCUT2D eigenvalue weighted by Crippen LogP contribution is -2.12. The maximum absolute atomic E-state index is 12.0. The van der Waals surface area contributed by atoms with Crippen LogP contribution in [0.25, 0.3) is 11.4 Å². The topological polar surface area (TPSA) is 85.8 Å². The van der Waals surface area contributed by atoms with Gasteiger partial charge < -0.3 is 14.4 Å². The van der Waals surface area contributed by atoms with E-state index in [0.29, 0.717) is 28.8 Å². The number of nitrogens with one attached hydrogen (secondary N) is 1.